The van der Waals surface area contributed by atoms with Crippen LogP contribution in [0.25, 0.3) is 0 Å². The van der Waals surface area contributed by atoms with Crippen LogP contribution in [0.4, 0.5) is 8.78 Å². The van der Waals surface area contributed by atoms with Gasteiger partial charge >= 0.3 is 7.12 Å². The fourth-order valence-electron chi connectivity index (χ4n) is 2.74. The van der Waals surface area contributed by atoms with E-state index in [4.69, 9.17) is 9.31 Å². The number of benzene rings is 1. The van der Waals surface area contributed by atoms with Crippen LogP contribution in [0.5, 0.6) is 0 Å². The summed E-state index contributed by atoms with van der Waals surface area (Å²) >= 11 is 0. The van der Waals surface area contributed by atoms with Crippen molar-refractivity contribution in [2.24, 2.45) is 0 Å². The van der Waals surface area contributed by atoms with Crippen molar-refractivity contribution in [2.75, 3.05) is 0 Å². The SMILES string of the molecule is CC1(C)OB([C@@H]2C[C@@H]2c2cc(F)ccc2F)OC1(C)C. The molecule has 1 heterocycles. The number of hydrogen-bond acceptors (Lipinski definition) is 2. The van der Waals surface area contributed by atoms with Crippen molar-refractivity contribution in [3.8, 4) is 0 Å². The van der Waals surface area contributed by atoms with Gasteiger partial charge in [0, 0.05) is 5.82 Å². The molecule has 2 atom stereocenters. The topological polar surface area (TPSA) is 18.5 Å². The Morgan fingerprint density at radius 1 is 1.10 bits per heavy atom. The molecule has 20 heavy (non-hydrogen) atoms. The molecule has 2 aliphatic rings. The van der Waals surface area contributed by atoms with Crippen LogP contribution in [-0.2, 0) is 9.31 Å². The predicted octanol–water partition coefficient (Wildman–Crippen LogP) is 3.91. The standard InChI is InChI=1S/C15H19BF2O2/c1-14(2)15(3,4)20-16(19-14)12-8-10(12)11-7-9(17)5-6-13(11)18/h5-7,10,12H,8H2,1-4H3/t10-,12-/m1/s1. The summed E-state index contributed by atoms with van der Waals surface area (Å²) in [6.45, 7) is 7.97. The van der Waals surface area contributed by atoms with Crippen molar-refractivity contribution in [3.63, 3.8) is 0 Å². The van der Waals surface area contributed by atoms with E-state index in [1.54, 1.807) is 0 Å². The zero-order valence-electron chi connectivity index (χ0n) is 12.2. The second-order valence-electron chi connectivity index (χ2n) is 6.80. The van der Waals surface area contributed by atoms with Gasteiger partial charge in [-0.1, -0.05) is 0 Å². The zero-order valence-corrected chi connectivity index (χ0v) is 12.2. The molecule has 3 rings (SSSR count). The number of halogens is 2. The Hall–Kier alpha value is -0.935. The first-order valence-electron chi connectivity index (χ1n) is 7.02. The quantitative estimate of drug-likeness (QED) is 0.764. The minimum absolute atomic E-state index is 0.0135. The Labute approximate surface area is 118 Å². The zero-order chi connectivity index (χ0) is 14.7. The molecule has 0 aromatic heterocycles. The summed E-state index contributed by atoms with van der Waals surface area (Å²) in [7, 11) is -0.340. The summed E-state index contributed by atoms with van der Waals surface area (Å²) in [6.07, 6.45) is 0.775. The summed E-state index contributed by atoms with van der Waals surface area (Å²) in [5, 5.41) is 0. The normalized spacial score (nSPS) is 30.6. The smallest absolute Gasteiger partial charge is 0.403 e. The Morgan fingerprint density at radius 3 is 2.30 bits per heavy atom. The van der Waals surface area contributed by atoms with Crippen molar-refractivity contribution >= 4 is 7.12 Å². The molecule has 0 bridgehead atoms. The maximum Gasteiger partial charge on any atom is 0.461 e. The van der Waals surface area contributed by atoms with Gasteiger partial charge in [-0.3, -0.25) is 0 Å². The second-order valence-corrected chi connectivity index (χ2v) is 6.80. The van der Waals surface area contributed by atoms with Crippen LogP contribution < -0.4 is 0 Å². The Morgan fingerprint density at radius 2 is 1.70 bits per heavy atom. The molecule has 0 N–H and O–H groups in total. The van der Waals surface area contributed by atoms with E-state index in [1.807, 2.05) is 27.7 Å². The second kappa shape index (κ2) is 4.28. The molecule has 1 aromatic carbocycles. The summed E-state index contributed by atoms with van der Waals surface area (Å²) in [6, 6.07) is 3.61. The van der Waals surface area contributed by atoms with Crippen LogP contribution >= 0.6 is 0 Å². The van der Waals surface area contributed by atoms with Gasteiger partial charge in [0.15, 0.2) is 0 Å². The van der Waals surface area contributed by atoms with E-state index in [1.165, 1.54) is 12.1 Å². The van der Waals surface area contributed by atoms with Crippen molar-refractivity contribution in [1.29, 1.82) is 0 Å². The lowest BCUT2D eigenvalue weighted by Gasteiger charge is -2.32. The van der Waals surface area contributed by atoms with E-state index in [2.05, 4.69) is 0 Å². The average molecular weight is 280 g/mol. The average Bonchev–Trinajstić information content (AvgIpc) is 3.06. The van der Waals surface area contributed by atoms with Crippen LogP contribution in [0.15, 0.2) is 18.2 Å². The van der Waals surface area contributed by atoms with Crippen LogP contribution in [0.3, 0.4) is 0 Å². The van der Waals surface area contributed by atoms with Gasteiger partial charge in [0.25, 0.3) is 0 Å². The Bertz CT molecular complexity index is 529. The Kier molecular flexibility index (Phi) is 3.00. The monoisotopic (exact) mass is 280 g/mol. The summed E-state index contributed by atoms with van der Waals surface area (Å²) in [4.78, 5) is 0. The molecule has 1 aromatic rings. The minimum Gasteiger partial charge on any atom is -0.403 e. The fraction of sp³-hybridized carbons (Fsp3) is 0.600. The maximum absolute atomic E-state index is 13.8. The fourth-order valence-corrected chi connectivity index (χ4v) is 2.74. The summed E-state index contributed by atoms with van der Waals surface area (Å²) < 4.78 is 39.0. The predicted molar refractivity (Wildman–Crippen MR) is 73.5 cm³/mol. The molecule has 2 nitrogen and oxygen atoms in total. The molecular weight excluding hydrogens is 261 g/mol. The third-order valence-corrected chi connectivity index (χ3v) is 4.82. The molecule has 0 radical (unpaired) electrons. The molecule has 108 valence electrons. The molecule has 5 heteroatoms. The highest BCUT2D eigenvalue weighted by atomic mass is 19.1. The summed E-state index contributed by atoms with van der Waals surface area (Å²) in [5.74, 6) is -0.663. The van der Waals surface area contributed by atoms with Gasteiger partial charge < -0.3 is 9.31 Å². The number of hydrogen-bond donors (Lipinski definition) is 0. The van der Waals surface area contributed by atoms with Gasteiger partial charge in [-0.05, 0) is 63.8 Å². The van der Waals surface area contributed by atoms with E-state index in [9.17, 15) is 8.78 Å². The number of rotatable bonds is 2. The molecule has 1 aliphatic carbocycles. The van der Waals surface area contributed by atoms with Gasteiger partial charge in [0.2, 0.25) is 0 Å². The first-order chi connectivity index (χ1) is 9.21. The third-order valence-electron chi connectivity index (χ3n) is 4.82. The van der Waals surface area contributed by atoms with Gasteiger partial charge in [-0.15, -0.1) is 0 Å². The highest BCUT2D eigenvalue weighted by molar-refractivity contribution is 6.49. The van der Waals surface area contributed by atoms with Gasteiger partial charge in [0.1, 0.15) is 11.6 Å². The van der Waals surface area contributed by atoms with Crippen LogP contribution in [0.2, 0.25) is 5.82 Å². The van der Waals surface area contributed by atoms with Crippen molar-refractivity contribution in [2.45, 2.75) is 57.1 Å². The van der Waals surface area contributed by atoms with E-state index in [0.717, 1.165) is 12.5 Å². The molecule has 1 saturated heterocycles. The molecule has 0 unspecified atom stereocenters. The van der Waals surface area contributed by atoms with Gasteiger partial charge in [-0.25, -0.2) is 8.78 Å². The van der Waals surface area contributed by atoms with Crippen LogP contribution in [-0.4, -0.2) is 18.3 Å². The maximum atomic E-state index is 13.8. The summed E-state index contributed by atoms with van der Waals surface area (Å²) in [5.41, 5.74) is -0.332. The van der Waals surface area contributed by atoms with E-state index >= 15 is 0 Å². The molecule has 0 spiro atoms. The van der Waals surface area contributed by atoms with Crippen LogP contribution in [0, 0.1) is 11.6 Å². The van der Waals surface area contributed by atoms with E-state index in [-0.39, 0.29) is 35.9 Å². The highest BCUT2D eigenvalue weighted by Gasteiger charge is 2.60. The molecule has 2 fully saturated rings. The van der Waals surface area contributed by atoms with Crippen LogP contribution in [0.1, 0.15) is 45.6 Å². The first-order valence-corrected chi connectivity index (χ1v) is 7.02. The lowest BCUT2D eigenvalue weighted by atomic mass is 9.79. The molecule has 1 aliphatic heterocycles. The lowest BCUT2D eigenvalue weighted by molar-refractivity contribution is 0.00578. The Balaban J connectivity index is 1.76. The van der Waals surface area contributed by atoms with Crippen molar-refractivity contribution in [3.05, 3.63) is 35.4 Å². The van der Waals surface area contributed by atoms with E-state index < -0.39 is 5.82 Å². The van der Waals surface area contributed by atoms with Crippen molar-refractivity contribution < 1.29 is 18.1 Å². The third kappa shape index (κ3) is 2.17. The van der Waals surface area contributed by atoms with Crippen molar-refractivity contribution in [1.82, 2.24) is 0 Å². The highest BCUT2D eigenvalue weighted by Crippen LogP contribution is 2.58. The van der Waals surface area contributed by atoms with Gasteiger partial charge in [-0.2, -0.15) is 0 Å². The van der Waals surface area contributed by atoms with Gasteiger partial charge in [0.05, 0.1) is 11.2 Å². The largest absolute Gasteiger partial charge is 0.461 e. The first kappa shape index (κ1) is 14.0. The minimum atomic E-state index is -0.402. The van der Waals surface area contributed by atoms with E-state index in [0.29, 0.717) is 5.56 Å². The molecule has 1 saturated carbocycles. The lowest BCUT2D eigenvalue weighted by Crippen LogP contribution is -2.41. The molecular formula is C15H19BF2O2. The molecule has 0 amide bonds.